The van der Waals surface area contributed by atoms with Crippen LogP contribution >= 0.6 is 0 Å². The van der Waals surface area contributed by atoms with Crippen LogP contribution in [0.15, 0.2) is 30.3 Å². The molecule has 0 spiro atoms. The van der Waals surface area contributed by atoms with Gasteiger partial charge in [-0.2, -0.15) is 0 Å². The molecule has 2 aromatic rings. The van der Waals surface area contributed by atoms with Crippen molar-refractivity contribution in [3.05, 3.63) is 36.0 Å². The molecule has 1 aromatic carbocycles. The second-order valence-corrected chi connectivity index (χ2v) is 5.46. The van der Waals surface area contributed by atoms with E-state index in [2.05, 4.69) is 41.8 Å². The molecule has 90 valence electrons. The Kier molecular flexibility index (Phi) is 2.92. The van der Waals surface area contributed by atoms with Gasteiger partial charge in [0.05, 0.1) is 0 Å². The Morgan fingerprint density at radius 2 is 1.88 bits per heavy atom. The minimum atomic E-state index is 0.901. The summed E-state index contributed by atoms with van der Waals surface area (Å²) in [5.74, 6) is 0.901. The summed E-state index contributed by atoms with van der Waals surface area (Å²) in [7, 11) is 0. The first-order valence-electron chi connectivity index (χ1n) is 6.89. The van der Waals surface area contributed by atoms with E-state index in [0.29, 0.717) is 0 Å². The average Bonchev–Trinajstić information content (AvgIpc) is 2.68. The summed E-state index contributed by atoms with van der Waals surface area (Å²) in [6, 6.07) is 11.1. The zero-order chi connectivity index (χ0) is 11.7. The molecule has 0 aliphatic heterocycles. The van der Waals surface area contributed by atoms with Crippen LogP contribution in [-0.2, 0) is 6.54 Å². The van der Waals surface area contributed by atoms with Crippen molar-refractivity contribution in [3.63, 3.8) is 0 Å². The Balaban J connectivity index is 1.90. The topological polar surface area (TPSA) is 4.93 Å². The number of para-hydroxylation sites is 1. The van der Waals surface area contributed by atoms with E-state index >= 15 is 0 Å². The van der Waals surface area contributed by atoms with Crippen LogP contribution in [0.4, 0.5) is 0 Å². The zero-order valence-corrected chi connectivity index (χ0v) is 10.7. The van der Waals surface area contributed by atoms with E-state index < -0.39 is 0 Å². The summed E-state index contributed by atoms with van der Waals surface area (Å²) in [4.78, 5) is 0. The summed E-state index contributed by atoms with van der Waals surface area (Å²) in [6.45, 7) is 3.46. The lowest BCUT2D eigenvalue weighted by Crippen LogP contribution is -2.14. The lowest BCUT2D eigenvalue weighted by molar-refractivity contribution is 0.321. The van der Waals surface area contributed by atoms with Gasteiger partial charge in [-0.25, -0.2) is 0 Å². The molecule has 17 heavy (non-hydrogen) atoms. The second-order valence-electron chi connectivity index (χ2n) is 5.46. The van der Waals surface area contributed by atoms with Gasteiger partial charge in [0.15, 0.2) is 0 Å². The Labute approximate surface area is 103 Å². The highest BCUT2D eigenvalue weighted by molar-refractivity contribution is 5.81. The van der Waals surface area contributed by atoms with Crippen LogP contribution in [0.2, 0.25) is 0 Å². The molecular formula is C16H21N. The van der Waals surface area contributed by atoms with E-state index in [1.54, 1.807) is 0 Å². The first-order valence-corrected chi connectivity index (χ1v) is 6.89. The number of aromatic nitrogens is 1. The van der Waals surface area contributed by atoms with Crippen LogP contribution in [0, 0.1) is 12.8 Å². The Morgan fingerprint density at radius 3 is 2.71 bits per heavy atom. The van der Waals surface area contributed by atoms with Crippen molar-refractivity contribution in [2.24, 2.45) is 5.92 Å². The van der Waals surface area contributed by atoms with Gasteiger partial charge in [0.1, 0.15) is 0 Å². The van der Waals surface area contributed by atoms with Crippen LogP contribution < -0.4 is 0 Å². The van der Waals surface area contributed by atoms with Crippen molar-refractivity contribution in [1.29, 1.82) is 0 Å². The van der Waals surface area contributed by atoms with Gasteiger partial charge in [-0.15, -0.1) is 0 Å². The number of hydrogen-bond donors (Lipinski definition) is 0. The maximum absolute atomic E-state index is 2.52. The predicted molar refractivity (Wildman–Crippen MR) is 73.3 cm³/mol. The summed E-state index contributed by atoms with van der Waals surface area (Å²) >= 11 is 0. The highest BCUT2D eigenvalue weighted by Crippen LogP contribution is 2.28. The monoisotopic (exact) mass is 227 g/mol. The van der Waals surface area contributed by atoms with Gasteiger partial charge in [-0.05, 0) is 43.2 Å². The minimum absolute atomic E-state index is 0.901. The third-order valence-corrected chi connectivity index (χ3v) is 4.18. The largest absolute Gasteiger partial charge is 0.345 e. The standard InChI is InChI=1S/C16H21N/c1-13-11-15-9-5-6-10-16(15)17(13)12-14-7-3-2-4-8-14/h5-6,9-11,14H,2-4,7-8,12H2,1H3. The van der Waals surface area contributed by atoms with Gasteiger partial charge in [-0.3, -0.25) is 0 Å². The molecule has 0 bridgehead atoms. The van der Waals surface area contributed by atoms with E-state index in [4.69, 9.17) is 0 Å². The van der Waals surface area contributed by atoms with Crippen molar-refractivity contribution >= 4 is 10.9 Å². The summed E-state index contributed by atoms with van der Waals surface area (Å²) in [6.07, 6.45) is 7.16. The number of fused-ring (bicyclic) bond motifs is 1. The molecule has 1 nitrogen and oxygen atoms in total. The molecule has 3 rings (SSSR count). The maximum atomic E-state index is 2.52. The molecule has 0 radical (unpaired) electrons. The van der Waals surface area contributed by atoms with Gasteiger partial charge >= 0.3 is 0 Å². The summed E-state index contributed by atoms with van der Waals surface area (Å²) in [5, 5.41) is 1.39. The Morgan fingerprint density at radius 1 is 1.12 bits per heavy atom. The fraction of sp³-hybridized carbons (Fsp3) is 0.500. The normalized spacial score (nSPS) is 17.7. The molecule has 1 heteroatoms. The van der Waals surface area contributed by atoms with Crippen LogP contribution in [0.1, 0.15) is 37.8 Å². The highest BCUT2D eigenvalue weighted by atomic mass is 15.0. The maximum Gasteiger partial charge on any atom is 0.0482 e. The van der Waals surface area contributed by atoms with Crippen LogP contribution in [0.3, 0.4) is 0 Å². The third kappa shape index (κ3) is 2.11. The number of benzene rings is 1. The minimum Gasteiger partial charge on any atom is -0.345 e. The lowest BCUT2D eigenvalue weighted by Gasteiger charge is -2.23. The predicted octanol–water partition coefficient (Wildman–Crippen LogP) is 4.53. The lowest BCUT2D eigenvalue weighted by atomic mass is 9.89. The van der Waals surface area contributed by atoms with E-state index in [0.717, 1.165) is 5.92 Å². The van der Waals surface area contributed by atoms with E-state index in [9.17, 15) is 0 Å². The molecule has 1 fully saturated rings. The third-order valence-electron chi connectivity index (χ3n) is 4.18. The van der Waals surface area contributed by atoms with Gasteiger partial charge in [0.25, 0.3) is 0 Å². The quantitative estimate of drug-likeness (QED) is 0.710. The summed E-state index contributed by atoms with van der Waals surface area (Å²) in [5.41, 5.74) is 2.83. The van der Waals surface area contributed by atoms with Crippen molar-refractivity contribution in [3.8, 4) is 0 Å². The van der Waals surface area contributed by atoms with E-state index in [1.165, 1.54) is 55.2 Å². The van der Waals surface area contributed by atoms with Gasteiger partial charge < -0.3 is 4.57 Å². The molecule has 0 atom stereocenters. The fourth-order valence-electron chi connectivity index (χ4n) is 3.22. The van der Waals surface area contributed by atoms with Crippen LogP contribution in [0.25, 0.3) is 10.9 Å². The molecule has 1 aliphatic rings. The van der Waals surface area contributed by atoms with E-state index in [-0.39, 0.29) is 0 Å². The average molecular weight is 227 g/mol. The number of nitrogens with zero attached hydrogens (tertiary/aromatic N) is 1. The Bertz CT molecular complexity index is 503. The first-order chi connectivity index (χ1) is 8.34. The van der Waals surface area contributed by atoms with Gasteiger partial charge in [-0.1, -0.05) is 37.5 Å². The van der Waals surface area contributed by atoms with Crippen molar-refractivity contribution in [2.75, 3.05) is 0 Å². The second kappa shape index (κ2) is 4.56. The van der Waals surface area contributed by atoms with Crippen molar-refractivity contribution < 1.29 is 0 Å². The molecule has 0 N–H and O–H groups in total. The van der Waals surface area contributed by atoms with Crippen molar-refractivity contribution in [2.45, 2.75) is 45.6 Å². The molecule has 1 aromatic heterocycles. The fourth-order valence-corrected chi connectivity index (χ4v) is 3.22. The highest BCUT2D eigenvalue weighted by Gasteiger charge is 2.15. The smallest absolute Gasteiger partial charge is 0.0482 e. The van der Waals surface area contributed by atoms with Crippen LogP contribution in [0.5, 0.6) is 0 Å². The van der Waals surface area contributed by atoms with Gasteiger partial charge in [0, 0.05) is 17.8 Å². The molecule has 0 unspecified atom stereocenters. The molecule has 1 heterocycles. The molecule has 1 aliphatic carbocycles. The van der Waals surface area contributed by atoms with E-state index in [1.807, 2.05) is 0 Å². The van der Waals surface area contributed by atoms with Crippen molar-refractivity contribution in [1.82, 2.24) is 4.57 Å². The summed E-state index contributed by atoms with van der Waals surface area (Å²) < 4.78 is 2.52. The first kappa shape index (κ1) is 10.9. The molecule has 0 amide bonds. The number of aryl methyl sites for hydroxylation is 1. The SMILES string of the molecule is Cc1cc2ccccc2n1CC1CCCCC1. The molecular weight excluding hydrogens is 206 g/mol. The zero-order valence-electron chi connectivity index (χ0n) is 10.7. The molecule has 1 saturated carbocycles. The van der Waals surface area contributed by atoms with Gasteiger partial charge in [0.2, 0.25) is 0 Å². The number of rotatable bonds is 2. The molecule has 0 saturated heterocycles. The van der Waals surface area contributed by atoms with Crippen LogP contribution in [-0.4, -0.2) is 4.57 Å². The number of hydrogen-bond acceptors (Lipinski definition) is 0. The Hall–Kier alpha value is -1.24.